The Morgan fingerprint density at radius 2 is 1.80 bits per heavy atom. The molecule has 0 aromatic heterocycles. The normalized spacial score (nSPS) is 39.0. The fourth-order valence-corrected chi connectivity index (χ4v) is 2.87. The maximum absolute atomic E-state index is 5.75. The lowest BCUT2D eigenvalue weighted by atomic mass is 9.98. The molecule has 0 amide bonds. The smallest absolute Gasteiger partial charge is 0.0565 e. The predicted octanol–water partition coefficient (Wildman–Crippen LogP) is 2.72. The molecule has 0 radical (unpaired) electrons. The Kier molecular flexibility index (Phi) is 3.68. The summed E-state index contributed by atoms with van der Waals surface area (Å²) < 4.78 is 5.75. The van der Waals surface area contributed by atoms with Crippen LogP contribution in [0.2, 0.25) is 0 Å². The van der Waals surface area contributed by atoms with Gasteiger partial charge in [-0.15, -0.1) is 0 Å². The van der Waals surface area contributed by atoms with Crippen LogP contribution < -0.4 is 5.32 Å². The molecular weight excluding hydrogens is 186 g/mol. The van der Waals surface area contributed by atoms with Gasteiger partial charge in [0.05, 0.1) is 12.2 Å². The van der Waals surface area contributed by atoms with Crippen molar-refractivity contribution in [3.05, 3.63) is 0 Å². The summed E-state index contributed by atoms with van der Waals surface area (Å²) in [6, 6.07) is 1.37. The molecule has 88 valence electrons. The second kappa shape index (κ2) is 4.84. The van der Waals surface area contributed by atoms with E-state index in [2.05, 4.69) is 26.1 Å². The van der Waals surface area contributed by atoms with Gasteiger partial charge in [-0.25, -0.2) is 0 Å². The molecule has 2 rings (SSSR count). The summed E-state index contributed by atoms with van der Waals surface area (Å²) in [7, 11) is 0. The lowest BCUT2D eigenvalue weighted by molar-refractivity contribution is -0.0434. The zero-order valence-electron chi connectivity index (χ0n) is 10.3. The Hall–Kier alpha value is -0.0800. The van der Waals surface area contributed by atoms with Gasteiger partial charge in [-0.05, 0) is 46.0 Å². The molecule has 0 spiro atoms. The van der Waals surface area contributed by atoms with E-state index in [1.165, 1.54) is 32.1 Å². The van der Waals surface area contributed by atoms with E-state index in [4.69, 9.17) is 4.74 Å². The average Bonchev–Trinajstić information content (AvgIpc) is 2.85. The van der Waals surface area contributed by atoms with Crippen molar-refractivity contribution in [2.45, 2.75) is 77.2 Å². The van der Waals surface area contributed by atoms with E-state index >= 15 is 0 Å². The molecule has 1 aliphatic heterocycles. The second-order valence-electron chi connectivity index (χ2n) is 5.67. The van der Waals surface area contributed by atoms with E-state index in [0.717, 1.165) is 5.92 Å². The first-order valence-electron chi connectivity index (χ1n) is 6.55. The molecule has 3 atom stereocenters. The Morgan fingerprint density at radius 3 is 2.33 bits per heavy atom. The van der Waals surface area contributed by atoms with Gasteiger partial charge < -0.3 is 10.1 Å². The van der Waals surface area contributed by atoms with Crippen molar-refractivity contribution in [3.8, 4) is 0 Å². The number of ether oxygens (including phenoxy) is 1. The molecular formula is C13H25NO. The second-order valence-corrected chi connectivity index (χ2v) is 5.67. The van der Waals surface area contributed by atoms with E-state index < -0.39 is 0 Å². The zero-order chi connectivity index (χ0) is 10.8. The van der Waals surface area contributed by atoms with Gasteiger partial charge in [0.1, 0.15) is 0 Å². The fourth-order valence-electron chi connectivity index (χ4n) is 2.87. The van der Waals surface area contributed by atoms with Crippen LogP contribution in [0.4, 0.5) is 0 Å². The van der Waals surface area contributed by atoms with Gasteiger partial charge in [-0.2, -0.15) is 0 Å². The summed E-state index contributed by atoms with van der Waals surface area (Å²) in [5.74, 6) is 1.03. The van der Waals surface area contributed by atoms with Crippen LogP contribution in [0, 0.1) is 5.92 Å². The molecule has 2 fully saturated rings. The van der Waals surface area contributed by atoms with Gasteiger partial charge in [0.2, 0.25) is 0 Å². The molecule has 2 aliphatic rings. The zero-order valence-corrected chi connectivity index (χ0v) is 10.3. The molecule has 3 unspecified atom stereocenters. The minimum atomic E-state index is 0.430. The standard InChI is InChI=1S/C13H25NO/c1-9(6-12-4-5-12)14-13-7-10(2)15-11(3)8-13/h9-14H,4-8H2,1-3H3. The van der Waals surface area contributed by atoms with Crippen molar-refractivity contribution >= 4 is 0 Å². The van der Waals surface area contributed by atoms with Crippen LogP contribution in [-0.2, 0) is 4.74 Å². The number of rotatable bonds is 4. The van der Waals surface area contributed by atoms with Crippen LogP contribution in [0.25, 0.3) is 0 Å². The van der Waals surface area contributed by atoms with E-state index in [-0.39, 0.29) is 0 Å². The maximum atomic E-state index is 5.75. The number of hydrogen-bond acceptors (Lipinski definition) is 2. The van der Waals surface area contributed by atoms with E-state index in [0.29, 0.717) is 24.3 Å². The van der Waals surface area contributed by atoms with Crippen LogP contribution in [0.3, 0.4) is 0 Å². The summed E-state index contributed by atoms with van der Waals surface area (Å²) >= 11 is 0. The lowest BCUT2D eigenvalue weighted by Gasteiger charge is -2.34. The molecule has 1 saturated carbocycles. The molecule has 2 heteroatoms. The highest BCUT2D eigenvalue weighted by Gasteiger charge is 2.28. The minimum Gasteiger partial charge on any atom is -0.375 e. The van der Waals surface area contributed by atoms with Crippen LogP contribution in [0.15, 0.2) is 0 Å². The summed E-state index contributed by atoms with van der Waals surface area (Å²) in [6.45, 7) is 6.72. The van der Waals surface area contributed by atoms with Crippen LogP contribution >= 0.6 is 0 Å². The van der Waals surface area contributed by atoms with Gasteiger partial charge in [-0.1, -0.05) is 12.8 Å². The summed E-state index contributed by atoms with van der Waals surface area (Å²) in [5.41, 5.74) is 0. The predicted molar refractivity (Wildman–Crippen MR) is 63.0 cm³/mol. The SMILES string of the molecule is CC(CC1CC1)NC1CC(C)OC(C)C1. The molecule has 0 aromatic rings. The van der Waals surface area contributed by atoms with Crippen molar-refractivity contribution in [1.82, 2.24) is 5.32 Å². The van der Waals surface area contributed by atoms with E-state index in [9.17, 15) is 0 Å². The molecule has 1 heterocycles. The van der Waals surface area contributed by atoms with Crippen LogP contribution in [0.1, 0.15) is 52.9 Å². The molecule has 0 aromatic carbocycles. The van der Waals surface area contributed by atoms with Crippen molar-refractivity contribution in [1.29, 1.82) is 0 Å². The third-order valence-electron chi connectivity index (χ3n) is 3.60. The van der Waals surface area contributed by atoms with Gasteiger partial charge in [0, 0.05) is 12.1 Å². The average molecular weight is 211 g/mol. The van der Waals surface area contributed by atoms with Gasteiger partial charge >= 0.3 is 0 Å². The van der Waals surface area contributed by atoms with Crippen molar-refractivity contribution in [2.75, 3.05) is 0 Å². The Balaban J connectivity index is 1.72. The largest absolute Gasteiger partial charge is 0.375 e. The third-order valence-corrected chi connectivity index (χ3v) is 3.60. The number of nitrogens with one attached hydrogen (secondary N) is 1. The Labute approximate surface area is 93.8 Å². The van der Waals surface area contributed by atoms with Crippen LogP contribution in [0.5, 0.6) is 0 Å². The minimum absolute atomic E-state index is 0.430. The fraction of sp³-hybridized carbons (Fsp3) is 1.00. The van der Waals surface area contributed by atoms with Crippen LogP contribution in [-0.4, -0.2) is 24.3 Å². The quantitative estimate of drug-likeness (QED) is 0.772. The first-order valence-corrected chi connectivity index (χ1v) is 6.55. The monoisotopic (exact) mass is 211 g/mol. The molecule has 1 saturated heterocycles. The van der Waals surface area contributed by atoms with E-state index in [1.807, 2.05) is 0 Å². The maximum Gasteiger partial charge on any atom is 0.0565 e. The first-order chi connectivity index (χ1) is 7.13. The highest BCUT2D eigenvalue weighted by atomic mass is 16.5. The topological polar surface area (TPSA) is 21.3 Å². The molecule has 1 N–H and O–H groups in total. The summed E-state index contributed by atoms with van der Waals surface area (Å²) in [5, 5.41) is 3.77. The highest BCUT2D eigenvalue weighted by molar-refractivity contribution is 4.83. The summed E-state index contributed by atoms with van der Waals surface area (Å²) in [6.07, 6.45) is 7.52. The lowest BCUT2D eigenvalue weighted by Crippen LogP contribution is -2.44. The molecule has 2 nitrogen and oxygen atoms in total. The van der Waals surface area contributed by atoms with Crippen molar-refractivity contribution in [2.24, 2.45) is 5.92 Å². The summed E-state index contributed by atoms with van der Waals surface area (Å²) in [4.78, 5) is 0. The number of hydrogen-bond donors (Lipinski definition) is 1. The molecule has 15 heavy (non-hydrogen) atoms. The Morgan fingerprint density at radius 1 is 1.20 bits per heavy atom. The highest BCUT2D eigenvalue weighted by Crippen LogP contribution is 2.33. The van der Waals surface area contributed by atoms with Gasteiger partial charge in [0.15, 0.2) is 0 Å². The van der Waals surface area contributed by atoms with Gasteiger partial charge in [0.25, 0.3) is 0 Å². The molecule has 1 aliphatic carbocycles. The molecule has 0 bridgehead atoms. The van der Waals surface area contributed by atoms with Crippen molar-refractivity contribution in [3.63, 3.8) is 0 Å². The third kappa shape index (κ3) is 3.76. The van der Waals surface area contributed by atoms with Crippen molar-refractivity contribution < 1.29 is 4.74 Å². The van der Waals surface area contributed by atoms with E-state index in [1.54, 1.807) is 0 Å². The van der Waals surface area contributed by atoms with Gasteiger partial charge in [-0.3, -0.25) is 0 Å². The Bertz CT molecular complexity index is 193. The first kappa shape index (κ1) is 11.4.